The lowest BCUT2D eigenvalue weighted by Crippen LogP contribution is -2.39. The molecule has 0 radical (unpaired) electrons. The van der Waals surface area contributed by atoms with Crippen molar-refractivity contribution in [2.24, 2.45) is 11.7 Å². The van der Waals surface area contributed by atoms with E-state index < -0.39 is 0 Å². The minimum absolute atomic E-state index is 0.509. The van der Waals surface area contributed by atoms with Crippen molar-refractivity contribution >= 4 is 0 Å². The third-order valence-corrected chi connectivity index (χ3v) is 2.24. The van der Waals surface area contributed by atoms with E-state index in [4.69, 9.17) is 5.73 Å². The van der Waals surface area contributed by atoms with Gasteiger partial charge in [0.1, 0.15) is 0 Å². The molecule has 0 amide bonds. The predicted molar refractivity (Wildman–Crippen MR) is 46.0 cm³/mol. The van der Waals surface area contributed by atoms with Crippen LogP contribution in [0.5, 0.6) is 0 Å². The van der Waals surface area contributed by atoms with E-state index in [1.807, 2.05) is 7.05 Å². The van der Waals surface area contributed by atoms with Gasteiger partial charge in [-0.1, -0.05) is 26.7 Å². The van der Waals surface area contributed by atoms with Gasteiger partial charge >= 0.3 is 0 Å². The van der Waals surface area contributed by atoms with Crippen molar-refractivity contribution in [3.63, 3.8) is 0 Å². The third kappa shape index (κ3) is 2.67. The van der Waals surface area contributed by atoms with E-state index in [-0.39, 0.29) is 0 Å². The summed E-state index contributed by atoms with van der Waals surface area (Å²) in [6, 6.07) is 0.509. The molecule has 0 aromatic carbocycles. The van der Waals surface area contributed by atoms with Crippen LogP contribution in [-0.4, -0.2) is 19.6 Å². The summed E-state index contributed by atoms with van der Waals surface area (Å²) in [5.74, 6) is 0.745. The van der Waals surface area contributed by atoms with Gasteiger partial charge in [0.15, 0.2) is 0 Å². The Bertz CT molecular complexity index is 55.7. The van der Waals surface area contributed by atoms with Gasteiger partial charge in [-0.15, -0.1) is 0 Å². The molecule has 3 N–H and O–H groups in total. The molecule has 1 unspecified atom stereocenters. The second-order valence-corrected chi connectivity index (χ2v) is 2.71. The molecule has 0 saturated heterocycles. The fourth-order valence-corrected chi connectivity index (χ4v) is 1.40. The molecule has 0 aromatic heterocycles. The lowest BCUT2D eigenvalue weighted by atomic mass is 9.94. The van der Waals surface area contributed by atoms with Gasteiger partial charge in [-0.2, -0.15) is 0 Å². The minimum Gasteiger partial charge on any atom is -0.329 e. The van der Waals surface area contributed by atoms with Crippen LogP contribution in [0.2, 0.25) is 0 Å². The van der Waals surface area contributed by atoms with E-state index >= 15 is 0 Å². The summed E-state index contributed by atoms with van der Waals surface area (Å²) < 4.78 is 0. The summed E-state index contributed by atoms with van der Waals surface area (Å²) in [4.78, 5) is 0. The van der Waals surface area contributed by atoms with E-state index in [0.717, 1.165) is 12.5 Å². The highest BCUT2D eigenvalue weighted by Gasteiger charge is 2.13. The SMILES string of the molecule is CCC(CC)C(CN)NC. The largest absolute Gasteiger partial charge is 0.329 e. The first kappa shape index (κ1) is 9.92. The van der Waals surface area contributed by atoms with Crippen LogP contribution in [0.1, 0.15) is 26.7 Å². The Kier molecular flexibility index (Phi) is 5.64. The zero-order valence-electron chi connectivity index (χ0n) is 7.35. The number of nitrogens with one attached hydrogen (secondary N) is 1. The first-order valence-electron chi connectivity index (χ1n) is 4.17. The first-order chi connectivity index (χ1) is 4.79. The fourth-order valence-electron chi connectivity index (χ4n) is 1.40. The van der Waals surface area contributed by atoms with E-state index in [0.29, 0.717) is 6.04 Å². The zero-order chi connectivity index (χ0) is 7.98. The monoisotopic (exact) mass is 144 g/mol. The summed E-state index contributed by atoms with van der Waals surface area (Å²) in [6.45, 7) is 5.19. The molecule has 0 heterocycles. The maximum Gasteiger partial charge on any atom is 0.0215 e. The fraction of sp³-hybridized carbons (Fsp3) is 1.00. The van der Waals surface area contributed by atoms with Gasteiger partial charge in [0.05, 0.1) is 0 Å². The molecule has 0 rings (SSSR count). The first-order valence-corrected chi connectivity index (χ1v) is 4.17. The summed E-state index contributed by atoms with van der Waals surface area (Å²) in [5.41, 5.74) is 5.57. The Hall–Kier alpha value is -0.0800. The van der Waals surface area contributed by atoms with Crippen molar-refractivity contribution < 1.29 is 0 Å². The number of rotatable bonds is 5. The second-order valence-electron chi connectivity index (χ2n) is 2.71. The molecular weight excluding hydrogens is 124 g/mol. The smallest absolute Gasteiger partial charge is 0.0215 e. The van der Waals surface area contributed by atoms with Crippen LogP contribution in [-0.2, 0) is 0 Å². The van der Waals surface area contributed by atoms with Crippen molar-refractivity contribution in [2.45, 2.75) is 32.7 Å². The predicted octanol–water partition coefficient (Wildman–Crippen LogP) is 0.969. The summed E-state index contributed by atoms with van der Waals surface area (Å²) in [6.07, 6.45) is 2.44. The summed E-state index contributed by atoms with van der Waals surface area (Å²) in [5, 5.41) is 3.23. The van der Waals surface area contributed by atoms with Crippen molar-refractivity contribution in [2.75, 3.05) is 13.6 Å². The van der Waals surface area contributed by atoms with Gasteiger partial charge in [0.25, 0.3) is 0 Å². The van der Waals surface area contributed by atoms with E-state index in [1.54, 1.807) is 0 Å². The van der Waals surface area contributed by atoms with Crippen LogP contribution in [0.25, 0.3) is 0 Å². The van der Waals surface area contributed by atoms with Crippen LogP contribution in [0.15, 0.2) is 0 Å². The molecule has 0 fully saturated rings. The number of hydrogen-bond donors (Lipinski definition) is 2. The molecule has 0 aliphatic carbocycles. The Morgan fingerprint density at radius 2 is 1.80 bits per heavy atom. The second kappa shape index (κ2) is 5.69. The molecule has 10 heavy (non-hydrogen) atoms. The van der Waals surface area contributed by atoms with Gasteiger partial charge in [-0.3, -0.25) is 0 Å². The highest BCUT2D eigenvalue weighted by Crippen LogP contribution is 2.11. The molecule has 62 valence electrons. The van der Waals surface area contributed by atoms with Crippen molar-refractivity contribution in [1.82, 2.24) is 5.32 Å². The van der Waals surface area contributed by atoms with Crippen LogP contribution < -0.4 is 11.1 Å². The highest BCUT2D eigenvalue weighted by atomic mass is 14.9. The maximum atomic E-state index is 5.57. The minimum atomic E-state index is 0.509. The van der Waals surface area contributed by atoms with Crippen LogP contribution >= 0.6 is 0 Å². The molecule has 0 bridgehead atoms. The van der Waals surface area contributed by atoms with E-state index in [2.05, 4.69) is 19.2 Å². The molecule has 2 heteroatoms. The Morgan fingerprint density at radius 1 is 1.30 bits per heavy atom. The van der Waals surface area contributed by atoms with Gasteiger partial charge in [0.2, 0.25) is 0 Å². The average molecular weight is 144 g/mol. The van der Waals surface area contributed by atoms with Gasteiger partial charge in [0, 0.05) is 12.6 Å². The molecule has 1 atom stereocenters. The molecule has 0 aromatic rings. The Balaban J connectivity index is 3.70. The van der Waals surface area contributed by atoms with Crippen LogP contribution in [0.3, 0.4) is 0 Å². The normalized spacial score (nSPS) is 14.1. The number of likely N-dealkylation sites (N-methyl/N-ethyl adjacent to an activating group) is 1. The lowest BCUT2D eigenvalue weighted by molar-refractivity contribution is 0.357. The molecular formula is C8H20N2. The maximum absolute atomic E-state index is 5.57. The van der Waals surface area contributed by atoms with Crippen LogP contribution in [0.4, 0.5) is 0 Å². The average Bonchev–Trinajstić information content (AvgIpc) is 2.00. The molecule has 0 saturated carbocycles. The molecule has 0 aliphatic rings. The number of hydrogen-bond acceptors (Lipinski definition) is 2. The molecule has 0 aliphatic heterocycles. The van der Waals surface area contributed by atoms with Gasteiger partial charge in [-0.05, 0) is 13.0 Å². The van der Waals surface area contributed by atoms with E-state index in [1.165, 1.54) is 12.8 Å². The third-order valence-electron chi connectivity index (χ3n) is 2.24. The Morgan fingerprint density at radius 3 is 1.90 bits per heavy atom. The number of nitrogens with two attached hydrogens (primary N) is 1. The standard InChI is InChI=1S/C8H20N2/c1-4-7(5-2)8(6-9)10-3/h7-8,10H,4-6,9H2,1-3H3. The van der Waals surface area contributed by atoms with Crippen molar-refractivity contribution in [3.8, 4) is 0 Å². The van der Waals surface area contributed by atoms with Gasteiger partial charge in [-0.25, -0.2) is 0 Å². The van der Waals surface area contributed by atoms with Gasteiger partial charge < -0.3 is 11.1 Å². The highest BCUT2D eigenvalue weighted by molar-refractivity contribution is 4.73. The molecule has 2 nitrogen and oxygen atoms in total. The lowest BCUT2D eigenvalue weighted by Gasteiger charge is -2.22. The van der Waals surface area contributed by atoms with Crippen molar-refractivity contribution in [3.05, 3.63) is 0 Å². The summed E-state index contributed by atoms with van der Waals surface area (Å²) >= 11 is 0. The summed E-state index contributed by atoms with van der Waals surface area (Å²) in [7, 11) is 1.98. The van der Waals surface area contributed by atoms with Crippen molar-refractivity contribution in [1.29, 1.82) is 0 Å². The topological polar surface area (TPSA) is 38.0 Å². The quantitative estimate of drug-likeness (QED) is 0.603. The van der Waals surface area contributed by atoms with E-state index in [9.17, 15) is 0 Å². The zero-order valence-corrected chi connectivity index (χ0v) is 7.35. The Labute approximate surface area is 64.2 Å². The van der Waals surface area contributed by atoms with Crippen LogP contribution in [0, 0.1) is 5.92 Å². The molecule has 0 spiro atoms.